The van der Waals surface area contributed by atoms with Crippen LogP contribution < -0.4 is 5.32 Å². The first-order valence-corrected chi connectivity index (χ1v) is 10.3. The Labute approximate surface area is 171 Å². The zero-order valence-electron chi connectivity index (χ0n) is 16.9. The Balaban J connectivity index is 1.38. The van der Waals surface area contributed by atoms with Crippen LogP contribution in [-0.2, 0) is 39.4 Å². The minimum atomic E-state index is -0.0770. The molecule has 0 fully saturated rings. The van der Waals surface area contributed by atoms with Gasteiger partial charge in [0.1, 0.15) is 5.76 Å². The summed E-state index contributed by atoms with van der Waals surface area (Å²) in [6.45, 7) is 1.57. The van der Waals surface area contributed by atoms with E-state index in [1.54, 1.807) is 11.2 Å². The second-order valence-electron chi connectivity index (χ2n) is 7.61. The van der Waals surface area contributed by atoms with E-state index >= 15 is 0 Å². The zero-order valence-corrected chi connectivity index (χ0v) is 16.9. The number of furan rings is 1. The molecular formula is C23H28N4O2. The van der Waals surface area contributed by atoms with Crippen LogP contribution in [0.15, 0.2) is 53.1 Å². The molecule has 0 saturated heterocycles. The number of carbonyl (C=O) groups excluding carboxylic acids is 1. The number of rotatable bonds is 8. The van der Waals surface area contributed by atoms with Crippen LogP contribution in [-0.4, -0.2) is 27.3 Å². The van der Waals surface area contributed by atoms with Crippen molar-refractivity contribution in [2.75, 3.05) is 6.54 Å². The number of hydrogen-bond donors (Lipinski definition) is 1. The first kappa shape index (κ1) is 19.3. The van der Waals surface area contributed by atoms with Gasteiger partial charge in [-0.1, -0.05) is 30.3 Å². The molecule has 6 nitrogen and oxygen atoms in total. The van der Waals surface area contributed by atoms with Gasteiger partial charge in [0.05, 0.1) is 25.0 Å². The van der Waals surface area contributed by atoms with Crippen molar-refractivity contribution in [2.24, 2.45) is 7.05 Å². The third kappa shape index (κ3) is 4.70. The van der Waals surface area contributed by atoms with Crippen molar-refractivity contribution >= 4 is 6.03 Å². The lowest BCUT2D eigenvalue weighted by atomic mass is 10.1. The highest BCUT2D eigenvalue weighted by molar-refractivity contribution is 5.74. The van der Waals surface area contributed by atoms with Gasteiger partial charge < -0.3 is 14.6 Å². The van der Waals surface area contributed by atoms with Crippen LogP contribution in [0.3, 0.4) is 0 Å². The highest BCUT2D eigenvalue weighted by atomic mass is 16.3. The van der Waals surface area contributed by atoms with Crippen molar-refractivity contribution in [1.82, 2.24) is 20.0 Å². The van der Waals surface area contributed by atoms with E-state index in [1.807, 2.05) is 42.1 Å². The van der Waals surface area contributed by atoms with Gasteiger partial charge >= 0.3 is 6.03 Å². The topological polar surface area (TPSA) is 63.3 Å². The molecule has 0 spiro atoms. The Morgan fingerprint density at radius 3 is 2.83 bits per heavy atom. The minimum absolute atomic E-state index is 0.0770. The van der Waals surface area contributed by atoms with Crippen LogP contribution >= 0.6 is 0 Å². The first-order chi connectivity index (χ1) is 14.2. The van der Waals surface area contributed by atoms with E-state index in [2.05, 4.69) is 22.5 Å². The maximum atomic E-state index is 12.9. The monoisotopic (exact) mass is 392 g/mol. The molecule has 0 unspecified atom stereocenters. The number of hydrogen-bond acceptors (Lipinski definition) is 3. The molecule has 3 aromatic rings. The molecule has 0 radical (unpaired) electrons. The molecule has 1 N–H and O–H groups in total. The summed E-state index contributed by atoms with van der Waals surface area (Å²) < 4.78 is 7.46. The van der Waals surface area contributed by atoms with Gasteiger partial charge in [-0.3, -0.25) is 4.68 Å². The molecule has 1 aromatic carbocycles. The van der Waals surface area contributed by atoms with Crippen LogP contribution in [0.2, 0.25) is 0 Å². The van der Waals surface area contributed by atoms with E-state index in [0.717, 1.165) is 43.6 Å². The SMILES string of the molecule is Cn1nc(CN(Cc2ccco2)C(=O)NCCCc2ccccc2)c2c1CCC2. The molecule has 2 heterocycles. The van der Waals surface area contributed by atoms with Crippen molar-refractivity contribution in [3.63, 3.8) is 0 Å². The largest absolute Gasteiger partial charge is 0.467 e. The van der Waals surface area contributed by atoms with E-state index in [1.165, 1.54) is 16.8 Å². The van der Waals surface area contributed by atoms with Crippen LogP contribution in [0.4, 0.5) is 4.79 Å². The highest BCUT2D eigenvalue weighted by Gasteiger charge is 2.24. The average Bonchev–Trinajstić information content (AvgIpc) is 3.46. The fourth-order valence-corrected chi connectivity index (χ4v) is 4.04. The Morgan fingerprint density at radius 2 is 2.03 bits per heavy atom. The molecule has 0 atom stereocenters. The summed E-state index contributed by atoms with van der Waals surface area (Å²) in [5.41, 5.74) is 4.92. The maximum Gasteiger partial charge on any atom is 0.318 e. The van der Waals surface area contributed by atoms with Gasteiger partial charge in [-0.15, -0.1) is 0 Å². The molecule has 1 aliphatic rings. The molecule has 2 amide bonds. The summed E-state index contributed by atoms with van der Waals surface area (Å²) in [5, 5.41) is 7.76. The molecule has 0 aliphatic heterocycles. The quantitative estimate of drug-likeness (QED) is 0.592. The van der Waals surface area contributed by atoms with E-state index in [0.29, 0.717) is 19.6 Å². The van der Waals surface area contributed by atoms with E-state index in [4.69, 9.17) is 4.42 Å². The number of nitrogens with one attached hydrogen (secondary N) is 1. The number of fused-ring (bicyclic) bond motifs is 1. The smallest absolute Gasteiger partial charge is 0.318 e. The lowest BCUT2D eigenvalue weighted by Crippen LogP contribution is -2.39. The normalized spacial score (nSPS) is 12.7. The third-order valence-electron chi connectivity index (χ3n) is 5.51. The maximum absolute atomic E-state index is 12.9. The van der Waals surface area contributed by atoms with Gasteiger partial charge in [0.15, 0.2) is 0 Å². The molecule has 0 bridgehead atoms. The molecule has 6 heteroatoms. The van der Waals surface area contributed by atoms with Crippen LogP contribution in [0.1, 0.15) is 41.1 Å². The number of amides is 2. The summed E-state index contributed by atoms with van der Waals surface area (Å²) >= 11 is 0. The second kappa shape index (κ2) is 8.99. The van der Waals surface area contributed by atoms with Crippen molar-refractivity contribution in [2.45, 2.75) is 45.2 Å². The van der Waals surface area contributed by atoms with Crippen molar-refractivity contribution in [3.8, 4) is 0 Å². The fourth-order valence-electron chi connectivity index (χ4n) is 4.04. The van der Waals surface area contributed by atoms with Crippen molar-refractivity contribution < 1.29 is 9.21 Å². The number of aromatic nitrogens is 2. The van der Waals surface area contributed by atoms with Crippen LogP contribution in [0.25, 0.3) is 0 Å². The number of urea groups is 1. The Morgan fingerprint density at radius 1 is 1.17 bits per heavy atom. The predicted octanol–water partition coefficient (Wildman–Crippen LogP) is 3.85. The van der Waals surface area contributed by atoms with E-state index in [-0.39, 0.29) is 6.03 Å². The van der Waals surface area contributed by atoms with Crippen molar-refractivity contribution in [1.29, 1.82) is 0 Å². The Hall–Kier alpha value is -3.02. The number of carbonyl (C=O) groups is 1. The predicted molar refractivity (Wildman–Crippen MR) is 111 cm³/mol. The molecular weight excluding hydrogens is 364 g/mol. The number of aryl methyl sites for hydroxylation is 2. The molecule has 2 aromatic heterocycles. The first-order valence-electron chi connectivity index (χ1n) is 10.3. The molecule has 29 heavy (non-hydrogen) atoms. The lowest BCUT2D eigenvalue weighted by molar-refractivity contribution is 0.186. The molecule has 0 saturated carbocycles. The van der Waals surface area contributed by atoms with Gasteiger partial charge in [-0.2, -0.15) is 5.10 Å². The van der Waals surface area contributed by atoms with Crippen molar-refractivity contribution in [3.05, 3.63) is 77.0 Å². The van der Waals surface area contributed by atoms with Crippen LogP contribution in [0.5, 0.6) is 0 Å². The summed E-state index contributed by atoms with van der Waals surface area (Å²) in [5.74, 6) is 0.775. The minimum Gasteiger partial charge on any atom is -0.467 e. The van der Waals surface area contributed by atoms with Gasteiger partial charge in [-0.25, -0.2) is 4.79 Å². The Bertz CT molecular complexity index is 931. The third-order valence-corrected chi connectivity index (χ3v) is 5.51. The van der Waals surface area contributed by atoms with Gasteiger partial charge in [0.25, 0.3) is 0 Å². The van der Waals surface area contributed by atoms with E-state index < -0.39 is 0 Å². The van der Waals surface area contributed by atoms with Gasteiger partial charge in [-0.05, 0) is 55.4 Å². The molecule has 152 valence electrons. The second-order valence-corrected chi connectivity index (χ2v) is 7.61. The van der Waals surface area contributed by atoms with Gasteiger partial charge in [0.2, 0.25) is 0 Å². The summed E-state index contributed by atoms with van der Waals surface area (Å²) in [6, 6.07) is 14.0. The average molecular weight is 393 g/mol. The zero-order chi connectivity index (χ0) is 20.1. The lowest BCUT2D eigenvalue weighted by Gasteiger charge is -2.22. The molecule has 1 aliphatic carbocycles. The number of nitrogens with zero attached hydrogens (tertiary/aromatic N) is 3. The molecule has 4 rings (SSSR count). The summed E-state index contributed by atoms with van der Waals surface area (Å²) in [6.07, 6.45) is 6.78. The standard InChI is InChI=1S/C23H28N4O2/c1-26-22-13-5-12-20(22)21(25-26)17-27(16-19-11-7-15-29-19)23(28)24-14-6-10-18-8-3-2-4-9-18/h2-4,7-9,11,15H,5-6,10,12-14,16-17H2,1H3,(H,24,28). The van der Waals surface area contributed by atoms with Crippen LogP contribution in [0, 0.1) is 0 Å². The summed E-state index contributed by atoms with van der Waals surface area (Å²) in [7, 11) is 1.99. The highest BCUT2D eigenvalue weighted by Crippen LogP contribution is 2.26. The number of benzene rings is 1. The Kier molecular flexibility index (Phi) is 5.98. The van der Waals surface area contributed by atoms with E-state index in [9.17, 15) is 4.79 Å². The fraction of sp³-hybridized carbons (Fsp3) is 0.391. The summed E-state index contributed by atoms with van der Waals surface area (Å²) in [4.78, 5) is 14.7. The van der Waals surface area contributed by atoms with Gasteiger partial charge in [0, 0.05) is 19.3 Å².